The van der Waals surface area contributed by atoms with Gasteiger partial charge in [-0.3, -0.25) is 0 Å². The molecule has 57 heavy (non-hydrogen) atoms. The average molecular weight is 745 g/mol. The normalized spacial score (nSPS) is 11.5. The molecule has 0 unspecified atom stereocenters. The van der Waals surface area contributed by atoms with Crippen LogP contribution in [0.1, 0.15) is 0 Å². The zero-order valence-corrected chi connectivity index (χ0v) is 31.9. The van der Waals surface area contributed by atoms with Crippen molar-refractivity contribution >= 4 is 70.4 Å². The van der Waals surface area contributed by atoms with E-state index in [4.69, 9.17) is 0 Å². The minimum absolute atomic E-state index is 1.11. The lowest BCUT2D eigenvalue weighted by Gasteiger charge is -2.27. The number of aromatic nitrogens is 1. The van der Waals surface area contributed by atoms with Crippen LogP contribution in [-0.2, 0) is 0 Å². The maximum absolute atomic E-state index is 2.49. The smallest absolute Gasteiger partial charge is 0.0562 e. The molecular weight excluding hydrogens is 709 g/mol. The number of anilines is 3. The maximum atomic E-state index is 2.49. The predicted octanol–water partition coefficient (Wildman–Crippen LogP) is 15.6. The molecule has 3 heteroatoms. The Bertz CT molecular complexity index is 3220. The van der Waals surface area contributed by atoms with Gasteiger partial charge < -0.3 is 9.47 Å². The summed E-state index contributed by atoms with van der Waals surface area (Å²) in [6.45, 7) is 0. The van der Waals surface area contributed by atoms with Crippen LogP contribution in [0.4, 0.5) is 17.1 Å². The molecule has 0 spiro atoms. The van der Waals surface area contributed by atoms with Crippen LogP contribution in [0.25, 0.3) is 81.0 Å². The zero-order chi connectivity index (χ0) is 37.7. The molecule has 0 atom stereocenters. The summed E-state index contributed by atoms with van der Waals surface area (Å²) in [5.41, 5.74) is 14.1. The van der Waals surface area contributed by atoms with E-state index in [1.54, 1.807) is 0 Å². The van der Waals surface area contributed by atoms with Gasteiger partial charge in [-0.15, -0.1) is 11.3 Å². The van der Waals surface area contributed by atoms with Crippen LogP contribution in [0, 0.1) is 0 Å². The van der Waals surface area contributed by atoms with Crippen molar-refractivity contribution in [1.82, 2.24) is 4.57 Å². The Labute approximate surface area is 335 Å². The van der Waals surface area contributed by atoms with E-state index in [-0.39, 0.29) is 0 Å². The Morgan fingerprint density at radius 2 is 0.930 bits per heavy atom. The van der Waals surface area contributed by atoms with E-state index in [2.05, 4.69) is 228 Å². The molecule has 2 aromatic heterocycles. The molecule has 0 saturated carbocycles. The average Bonchev–Trinajstić information content (AvgIpc) is 3.84. The standard InChI is InChI=1S/C54H36N2S/c1-4-17-37(18-5-1)38-33-35-41(36-34-38)55(40-21-8-3-9-22-40)49-30-16-31-50-53(49)46-24-10-12-28-47(46)56(50)48-29-15-25-43(52(48)39-19-6-2-7-20-39)45-27-14-26-44-42-23-11-13-32-51(42)57-54(44)45/h1-36H. The van der Waals surface area contributed by atoms with Crippen molar-refractivity contribution in [2.45, 2.75) is 0 Å². The third-order valence-corrected chi connectivity index (χ3v) is 12.4. The molecule has 0 bridgehead atoms. The van der Waals surface area contributed by atoms with E-state index in [1.807, 2.05) is 11.3 Å². The van der Waals surface area contributed by atoms with Gasteiger partial charge in [0, 0.05) is 53.4 Å². The second-order valence-corrected chi connectivity index (χ2v) is 15.5. The van der Waals surface area contributed by atoms with Crippen molar-refractivity contribution in [2.24, 2.45) is 0 Å². The molecule has 0 amide bonds. The molecular formula is C54H36N2S. The van der Waals surface area contributed by atoms with Gasteiger partial charge in [-0.05, 0) is 76.9 Å². The highest BCUT2D eigenvalue weighted by atomic mass is 32.1. The van der Waals surface area contributed by atoms with Crippen molar-refractivity contribution in [3.8, 4) is 39.1 Å². The number of hydrogen-bond donors (Lipinski definition) is 0. The first kappa shape index (κ1) is 33.2. The van der Waals surface area contributed by atoms with Crippen molar-refractivity contribution in [3.05, 3.63) is 218 Å². The van der Waals surface area contributed by atoms with Crippen LogP contribution in [0.5, 0.6) is 0 Å². The minimum atomic E-state index is 1.11. The van der Waals surface area contributed by atoms with E-state index >= 15 is 0 Å². The molecule has 268 valence electrons. The van der Waals surface area contributed by atoms with E-state index in [1.165, 1.54) is 69.8 Å². The number of benzene rings is 9. The Hall–Kier alpha value is -7.20. The fourth-order valence-electron chi connectivity index (χ4n) is 8.70. The van der Waals surface area contributed by atoms with Crippen LogP contribution in [0.2, 0.25) is 0 Å². The van der Waals surface area contributed by atoms with Crippen molar-refractivity contribution in [3.63, 3.8) is 0 Å². The number of para-hydroxylation sites is 2. The molecule has 0 aliphatic rings. The first-order valence-corrected chi connectivity index (χ1v) is 20.3. The lowest BCUT2D eigenvalue weighted by atomic mass is 9.92. The maximum Gasteiger partial charge on any atom is 0.0562 e. The molecule has 0 aliphatic heterocycles. The quantitative estimate of drug-likeness (QED) is 0.158. The van der Waals surface area contributed by atoms with Crippen LogP contribution >= 0.6 is 11.3 Å². The van der Waals surface area contributed by atoms with Gasteiger partial charge in [0.15, 0.2) is 0 Å². The van der Waals surface area contributed by atoms with Crippen molar-refractivity contribution in [1.29, 1.82) is 0 Å². The second-order valence-electron chi connectivity index (χ2n) is 14.5. The Balaban J connectivity index is 1.18. The first-order chi connectivity index (χ1) is 28.3. The van der Waals surface area contributed by atoms with Crippen LogP contribution in [0.3, 0.4) is 0 Å². The predicted molar refractivity (Wildman–Crippen MR) is 245 cm³/mol. The summed E-state index contributed by atoms with van der Waals surface area (Å²) in [6, 6.07) is 79.3. The Morgan fingerprint density at radius 1 is 0.368 bits per heavy atom. The van der Waals surface area contributed by atoms with E-state index in [0.29, 0.717) is 0 Å². The Kier molecular flexibility index (Phi) is 8.04. The number of thiophene rings is 1. The third kappa shape index (κ3) is 5.55. The molecule has 11 aromatic rings. The largest absolute Gasteiger partial charge is 0.310 e. The fraction of sp³-hybridized carbons (Fsp3) is 0. The van der Waals surface area contributed by atoms with Crippen molar-refractivity contribution < 1.29 is 0 Å². The van der Waals surface area contributed by atoms with Crippen LogP contribution < -0.4 is 4.90 Å². The lowest BCUT2D eigenvalue weighted by Crippen LogP contribution is -2.10. The number of fused-ring (bicyclic) bond motifs is 6. The Morgan fingerprint density at radius 3 is 1.72 bits per heavy atom. The lowest BCUT2D eigenvalue weighted by molar-refractivity contribution is 1.18. The molecule has 9 aromatic carbocycles. The summed E-state index contributed by atoms with van der Waals surface area (Å²) in [7, 11) is 0. The number of hydrogen-bond acceptors (Lipinski definition) is 2. The van der Waals surface area contributed by atoms with Gasteiger partial charge in [-0.1, -0.05) is 164 Å². The monoisotopic (exact) mass is 744 g/mol. The number of rotatable bonds is 7. The van der Waals surface area contributed by atoms with Gasteiger partial charge in [0.1, 0.15) is 0 Å². The highest BCUT2D eigenvalue weighted by molar-refractivity contribution is 7.26. The van der Waals surface area contributed by atoms with E-state index in [9.17, 15) is 0 Å². The molecule has 0 fully saturated rings. The third-order valence-electron chi connectivity index (χ3n) is 11.2. The summed E-state index contributed by atoms with van der Waals surface area (Å²) in [5.74, 6) is 0. The van der Waals surface area contributed by atoms with Gasteiger partial charge in [-0.25, -0.2) is 0 Å². The summed E-state index contributed by atoms with van der Waals surface area (Å²) in [4.78, 5) is 2.41. The van der Waals surface area contributed by atoms with E-state index in [0.717, 1.165) is 28.3 Å². The molecule has 0 radical (unpaired) electrons. The highest BCUT2D eigenvalue weighted by Crippen LogP contribution is 2.48. The highest BCUT2D eigenvalue weighted by Gasteiger charge is 2.24. The molecule has 2 nitrogen and oxygen atoms in total. The summed E-state index contributed by atoms with van der Waals surface area (Å²) in [6.07, 6.45) is 0. The molecule has 0 aliphatic carbocycles. The molecule has 11 rings (SSSR count). The summed E-state index contributed by atoms with van der Waals surface area (Å²) < 4.78 is 5.12. The number of nitrogens with zero attached hydrogens (tertiary/aromatic N) is 2. The zero-order valence-electron chi connectivity index (χ0n) is 31.1. The molecule has 0 N–H and O–H groups in total. The SMILES string of the molecule is c1ccc(-c2ccc(N(c3ccccc3)c3cccc4c3c3ccccc3n4-c3cccc(-c4cccc5c4sc4ccccc45)c3-c3ccccc3)cc2)cc1. The first-order valence-electron chi connectivity index (χ1n) is 19.4. The molecule has 2 heterocycles. The van der Waals surface area contributed by atoms with Crippen LogP contribution in [-0.4, -0.2) is 4.57 Å². The van der Waals surface area contributed by atoms with E-state index < -0.39 is 0 Å². The van der Waals surface area contributed by atoms with Gasteiger partial charge in [0.25, 0.3) is 0 Å². The summed E-state index contributed by atoms with van der Waals surface area (Å²) in [5, 5.41) is 5.03. The van der Waals surface area contributed by atoms with Crippen molar-refractivity contribution in [2.75, 3.05) is 4.90 Å². The fourth-order valence-corrected chi connectivity index (χ4v) is 9.93. The van der Waals surface area contributed by atoms with Gasteiger partial charge >= 0.3 is 0 Å². The minimum Gasteiger partial charge on any atom is -0.310 e. The van der Waals surface area contributed by atoms with Gasteiger partial charge in [0.2, 0.25) is 0 Å². The van der Waals surface area contributed by atoms with Gasteiger partial charge in [0.05, 0.1) is 22.4 Å². The van der Waals surface area contributed by atoms with Crippen LogP contribution in [0.15, 0.2) is 218 Å². The topological polar surface area (TPSA) is 8.17 Å². The second kappa shape index (κ2) is 13.8. The summed E-state index contributed by atoms with van der Waals surface area (Å²) >= 11 is 1.88. The van der Waals surface area contributed by atoms with Gasteiger partial charge in [-0.2, -0.15) is 0 Å². The molecule has 0 saturated heterocycles.